The zero-order chi connectivity index (χ0) is 24.6. The lowest BCUT2D eigenvalue weighted by molar-refractivity contribution is -0.147. The second-order valence-corrected chi connectivity index (χ2v) is 8.16. The van der Waals surface area contributed by atoms with E-state index in [9.17, 15) is 18.0 Å². The molecule has 0 N–H and O–H groups in total. The predicted molar refractivity (Wildman–Crippen MR) is 116 cm³/mol. The lowest BCUT2D eigenvalue weighted by atomic mass is 9.99. The summed E-state index contributed by atoms with van der Waals surface area (Å²) in [6.45, 7) is 1.71. The van der Waals surface area contributed by atoms with Crippen LogP contribution >= 0.6 is 23.2 Å². The summed E-state index contributed by atoms with van der Waals surface area (Å²) in [4.78, 5) is 12.3. The molecular formula is C22H18Cl2F3N3O4. The number of methoxy groups -OCH3 is 1. The Bertz CT molecular complexity index is 1230. The Morgan fingerprint density at radius 3 is 2.56 bits per heavy atom. The Labute approximate surface area is 202 Å². The van der Waals surface area contributed by atoms with Crippen LogP contribution in [0.15, 0.2) is 36.4 Å². The molecular weight excluding hydrogens is 498 g/mol. The Hall–Kier alpha value is -2.82. The second-order valence-electron chi connectivity index (χ2n) is 7.32. The molecule has 0 aliphatic carbocycles. The molecule has 0 bridgehead atoms. The predicted octanol–water partition coefficient (Wildman–Crippen LogP) is 5.72. The molecule has 0 saturated carbocycles. The molecule has 2 atom stereocenters. The van der Waals surface area contributed by atoms with Crippen LogP contribution in [0.5, 0.6) is 5.75 Å². The van der Waals surface area contributed by atoms with Crippen molar-refractivity contribution in [2.24, 2.45) is 0 Å². The summed E-state index contributed by atoms with van der Waals surface area (Å²) in [5.74, 6) is -1.64. The first-order chi connectivity index (χ1) is 16.1. The van der Waals surface area contributed by atoms with E-state index in [1.165, 1.54) is 25.3 Å². The van der Waals surface area contributed by atoms with E-state index in [0.29, 0.717) is 11.3 Å². The number of benzene rings is 2. The number of rotatable bonds is 5. The van der Waals surface area contributed by atoms with Gasteiger partial charge in [0.1, 0.15) is 18.0 Å². The molecule has 34 heavy (non-hydrogen) atoms. The van der Waals surface area contributed by atoms with E-state index in [4.69, 9.17) is 37.4 Å². The summed E-state index contributed by atoms with van der Waals surface area (Å²) in [5.41, 5.74) is 0.824. The highest BCUT2D eigenvalue weighted by Gasteiger charge is 2.43. The summed E-state index contributed by atoms with van der Waals surface area (Å²) in [6, 6.07) is 9.18. The number of carbonyl (C=O) groups excluding carboxylic acids is 1. The molecule has 0 unspecified atom stereocenters. The minimum absolute atomic E-state index is 0.0929. The van der Waals surface area contributed by atoms with E-state index in [2.05, 4.69) is 10.2 Å². The fourth-order valence-corrected chi connectivity index (χ4v) is 4.21. The topological polar surface area (TPSA) is 75.5 Å². The van der Waals surface area contributed by atoms with E-state index in [1.807, 2.05) is 0 Å². The summed E-state index contributed by atoms with van der Waals surface area (Å²) in [6.07, 6.45) is -7.43. The van der Waals surface area contributed by atoms with Gasteiger partial charge in [-0.2, -0.15) is 13.2 Å². The SMILES string of the molecule is CCOC(=O)C[C@@H]1O[C@@H](c2ccc(OC)cc2Cl)c2cc(Cl)ccc2-n2c1nnc2C(F)(F)F. The summed E-state index contributed by atoms with van der Waals surface area (Å²) in [5, 5.41) is 7.62. The van der Waals surface area contributed by atoms with Gasteiger partial charge in [-0.15, -0.1) is 10.2 Å². The van der Waals surface area contributed by atoms with Crippen LogP contribution in [0.4, 0.5) is 13.2 Å². The number of alkyl halides is 3. The molecule has 0 fully saturated rings. The first-order valence-electron chi connectivity index (χ1n) is 10.1. The molecule has 12 heteroatoms. The fraction of sp³-hybridized carbons (Fsp3) is 0.318. The molecule has 0 radical (unpaired) electrons. The van der Waals surface area contributed by atoms with Crippen LogP contribution in [-0.4, -0.2) is 34.5 Å². The lowest BCUT2D eigenvalue weighted by Gasteiger charge is -2.23. The number of hydrogen-bond donors (Lipinski definition) is 0. The van der Waals surface area contributed by atoms with Gasteiger partial charge in [0, 0.05) is 16.1 Å². The number of halogens is 5. The van der Waals surface area contributed by atoms with E-state index in [-0.39, 0.29) is 33.7 Å². The first-order valence-corrected chi connectivity index (χ1v) is 10.9. The highest BCUT2D eigenvalue weighted by molar-refractivity contribution is 6.31. The molecule has 1 aliphatic heterocycles. The molecule has 1 aromatic heterocycles. The molecule has 7 nitrogen and oxygen atoms in total. The van der Waals surface area contributed by atoms with Crippen LogP contribution < -0.4 is 4.74 Å². The van der Waals surface area contributed by atoms with E-state index in [0.717, 1.165) is 4.57 Å². The second kappa shape index (κ2) is 9.44. The van der Waals surface area contributed by atoms with Crippen molar-refractivity contribution in [2.75, 3.05) is 13.7 Å². The number of fused-ring (bicyclic) bond motifs is 3. The molecule has 0 amide bonds. The van der Waals surface area contributed by atoms with Gasteiger partial charge in [-0.25, -0.2) is 0 Å². The lowest BCUT2D eigenvalue weighted by Crippen LogP contribution is -2.18. The third-order valence-corrected chi connectivity index (χ3v) is 5.75. The van der Waals surface area contributed by atoms with Crippen molar-refractivity contribution in [2.45, 2.75) is 31.7 Å². The Morgan fingerprint density at radius 2 is 1.91 bits per heavy atom. The molecule has 0 saturated heterocycles. The van der Waals surface area contributed by atoms with Crippen LogP contribution in [0.3, 0.4) is 0 Å². The molecule has 2 heterocycles. The average molecular weight is 516 g/mol. The maximum absolute atomic E-state index is 13.9. The smallest absolute Gasteiger partial charge is 0.452 e. The van der Waals surface area contributed by atoms with Gasteiger partial charge in [0.2, 0.25) is 5.82 Å². The Balaban J connectivity index is 1.96. The number of aromatic nitrogens is 3. The van der Waals surface area contributed by atoms with Crippen molar-refractivity contribution >= 4 is 29.2 Å². The van der Waals surface area contributed by atoms with Gasteiger partial charge in [-0.3, -0.25) is 9.36 Å². The van der Waals surface area contributed by atoms with E-state index < -0.39 is 36.6 Å². The van der Waals surface area contributed by atoms with E-state index in [1.54, 1.807) is 25.1 Å². The molecule has 1 aliphatic rings. The van der Waals surface area contributed by atoms with Gasteiger partial charge >= 0.3 is 12.1 Å². The normalized spacial score (nSPS) is 17.5. The Morgan fingerprint density at radius 1 is 1.15 bits per heavy atom. The monoisotopic (exact) mass is 515 g/mol. The van der Waals surface area contributed by atoms with Crippen molar-refractivity contribution in [3.05, 3.63) is 69.2 Å². The van der Waals surface area contributed by atoms with Gasteiger partial charge in [-0.05, 0) is 37.3 Å². The van der Waals surface area contributed by atoms with Gasteiger partial charge in [0.15, 0.2) is 5.82 Å². The number of ether oxygens (including phenoxy) is 3. The molecule has 3 aromatic rings. The number of hydrogen-bond acceptors (Lipinski definition) is 6. The van der Waals surface area contributed by atoms with Gasteiger partial charge in [0.05, 0.1) is 30.8 Å². The number of nitrogens with zero attached hydrogens (tertiary/aromatic N) is 3. The van der Waals surface area contributed by atoms with E-state index >= 15 is 0 Å². The third-order valence-electron chi connectivity index (χ3n) is 5.19. The van der Waals surface area contributed by atoms with Gasteiger partial charge in [0.25, 0.3) is 0 Å². The minimum Gasteiger partial charge on any atom is -0.497 e. The third kappa shape index (κ3) is 4.57. The zero-order valence-corrected chi connectivity index (χ0v) is 19.4. The van der Waals surface area contributed by atoms with Crippen molar-refractivity contribution in [3.8, 4) is 11.4 Å². The standard InChI is InChI=1S/C22H18Cl2F3N3O4/c1-3-33-18(31)10-17-20-28-29-21(22(25,26)27)30(20)16-7-4-11(23)8-14(16)19(34-17)13-6-5-12(32-2)9-15(13)24/h4-9,17,19H,3,10H2,1-2H3/t17-,19-/m0/s1. The van der Waals surface area contributed by atoms with Crippen LogP contribution in [0, 0.1) is 0 Å². The highest BCUT2D eigenvalue weighted by atomic mass is 35.5. The molecule has 4 rings (SSSR count). The number of carbonyl (C=O) groups is 1. The van der Waals surface area contributed by atoms with Crippen molar-refractivity contribution in [1.82, 2.24) is 14.8 Å². The van der Waals surface area contributed by atoms with Gasteiger partial charge in [-0.1, -0.05) is 29.3 Å². The average Bonchev–Trinajstić information content (AvgIpc) is 3.18. The first kappa shape index (κ1) is 24.3. The minimum atomic E-state index is -4.83. The highest BCUT2D eigenvalue weighted by Crippen LogP contribution is 2.45. The van der Waals surface area contributed by atoms with Gasteiger partial charge < -0.3 is 14.2 Å². The zero-order valence-electron chi connectivity index (χ0n) is 17.9. The largest absolute Gasteiger partial charge is 0.497 e. The van der Waals surface area contributed by atoms with Crippen molar-refractivity contribution in [1.29, 1.82) is 0 Å². The van der Waals surface area contributed by atoms with Crippen LogP contribution in [-0.2, 0) is 20.4 Å². The summed E-state index contributed by atoms with van der Waals surface area (Å²) >= 11 is 12.7. The number of esters is 1. The molecule has 180 valence electrons. The summed E-state index contributed by atoms with van der Waals surface area (Å²) in [7, 11) is 1.47. The van der Waals surface area contributed by atoms with Crippen molar-refractivity contribution in [3.63, 3.8) is 0 Å². The van der Waals surface area contributed by atoms with Crippen LogP contribution in [0.25, 0.3) is 5.69 Å². The summed E-state index contributed by atoms with van der Waals surface area (Å²) < 4.78 is 58.9. The van der Waals surface area contributed by atoms with Crippen LogP contribution in [0.1, 0.15) is 48.3 Å². The van der Waals surface area contributed by atoms with Crippen LogP contribution in [0.2, 0.25) is 10.0 Å². The maximum Gasteiger partial charge on any atom is 0.452 e. The quantitative estimate of drug-likeness (QED) is 0.404. The van der Waals surface area contributed by atoms with Crippen molar-refractivity contribution < 1.29 is 32.2 Å². The maximum atomic E-state index is 13.9. The fourth-order valence-electron chi connectivity index (χ4n) is 3.76. The Kier molecular flexibility index (Phi) is 6.75. The molecule has 2 aromatic carbocycles. The molecule has 0 spiro atoms.